The lowest BCUT2D eigenvalue weighted by atomic mass is 9.73. The van der Waals surface area contributed by atoms with Gasteiger partial charge in [-0.25, -0.2) is 22.8 Å². The molecule has 202 valence electrons. The monoisotopic (exact) mass is 546 g/mol. The maximum Gasteiger partial charge on any atom is 0.175 e. The third-order valence-electron chi connectivity index (χ3n) is 9.02. The Labute approximate surface area is 227 Å². The molecule has 3 aliphatic heterocycles. The predicted octanol–water partition coefficient (Wildman–Crippen LogP) is 3.57. The first kappa shape index (κ1) is 24.7. The van der Waals surface area contributed by atoms with Gasteiger partial charge in [0.2, 0.25) is 0 Å². The van der Waals surface area contributed by atoms with Gasteiger partial charge in [0.05, 0.1) is 23.3 Å². The number of anilines is 2. The van der Waals surface area contributed by atoms with Crippen LogP contribution in [-0.2, 0) is 29.2 Å². The second-order valence-corrected chi connectivity index (χ2v) is 13.2. The highest BCUT2D eigenvalue weighted by molar-refractivity contribution is 7.90. The van der Waals surface area contributed by atoms with Crippen LogP contribution in [0.4, 0.5) is 15.9 Å². The Kier molecular flexibility index (Phi) is 5.58. The number of amidine groups is 1. The molecule has 1 aromatic heterocycles. The molecule has 2 N–H and O–H groups in total. The number of hydrogen-bond donors (Lipinski definition) is 1. The third-order valence-corrected chi connectivity index (χ3v) is 10.2. The van der Waals surface area contributed by atoms with Crippen molar-refractivity contribution in [3.05, 3.63) is 76.5 Å². The summed E-state index contributed by atoms with van der Waals surface area (Å²) in [4.78, 5) is 19.3. The van der Waals surface area contributed by atoms with Crippen LogP contribution in [-0.4, -0.2) is 50.1 Å². The number of benzene rings is 2. The first-order valence-electron chi connectivity index (χ1n) is 13.5. The van der Waals surface area contributed by atoms with Gasteiger partial charge in [-0.15, -0.1) is 0 Å². The summed E-state index contributed by atoms with van der Waals surface area (Å²) in [6.07, 6.45) is 7.20. The highest BCUT2D eigenvalue weighted by atomic mass is 32.2. The molecule has 1 saturated heterocycles. The first-order chi connectivity index (χ1) is 18.7. The number of halogens is 1. The zero-order valence-electron chi connectivity index (χ0n) is 21.9. The Morgan fingerprint density at radius 1 is 1.10 bits per heavy atom. The number of fused-ring (bicyclic) bond motifs is 3. The molecule has 0 amide bonds. The van der Waals surface area contributed by atoms with Gasteiger partial charge in [0.15, 0.2) is 15.7 Å². The minimum absolute atomic E-state index is 0.117. The molecule has 2 aromatic carbocycles. The van der Waals surface area contributed by atoms with Crippen LogP contribution in [0.1, 0.15) is 53.4 Å². The SMILES string of the molecule is CS(=O)(=O)c1cccc2c1CCCN2C1=NCc2nc(N3CCC4(CC3)Cc3cccc(F)c3[C@H]4N)cnc21. The van der Waals surface area contributed by atoms with Crippen molar-refractivity contribution in [2.75, 3.05) is 35.7 Å². The standard InChI is InChI=1S/C29H31FN6O2S/c1-39(37,38)23-9-3-8-22-19(23)6-4-12-36(22)28-26-21(16-33-28)34-24(17-32-26)35-13-10-29(11-14-35)15-18-5-2-7-20(30)25(18)27(29)31/h2-3,5,7-9,17,27H,4,6,10-16,31H2,1H3/t27-/m1/s1. The van der Waals surface area contributed by atoms with Crippen LogP contribution in [0.3, 0.4) is 0 Å². The van der Waals surface area contributed by atoms with Crippen molar-refractivity contribution in [3.8, 4) is 0 Å². The summed E-state index contributed by atoms with van der Waals surface area (Å²) in [6.45, 7) is 2.77. The lowest BCUT2D eigenvalue weighted by Gasteiger charge is -2.42. The second-order valence-electron chi connectivity index (χ2n) is 11.3. The smallest absolute Gasteiger partial charge is 0.175 e. The molecule has 0 radical (unpaired) electrons. The highest BCUT2D eigenvalue weighted by Gasteiger charge is 2.47. The Balaban J connectivity index is 1.11. The van der Waals surface area contributed by atoms with Crippen molar-refractivity contribution in [1.29, 1.82) is 0 Å². The van der Waals surface area contributed by atoms with Crippen molar-refractivity contribution in [2.24, 2.45) is 16.1 Å². The summed E-state index contributed by atoms with van der Waals surface area (Å²) >= 11 is 0. The van der Waals surface area contributed by atoms with E-state index in [0.29, 0.717) is 17.0 Å². The zero-order valence-corrected chi connectivity index (χ0v) is 22.7. The average Bonchev–Trinajstić information content (AvgIpc) is 3.47. The Hall–Kier alpha value is -3.37. The lowest BCUT2D eigenvalue weighted by molar-refractivity contribution is 0.185. The highest BCUT2D eigenvalue weighted by Crippen LogP contribution is 2.51. The van der Waals surface area contributed by atoms with Gasteiger partial charge >= 0.3 is 0 Å². The fourth-order valence-corrected chi connectivity index (χ4v) is 7.99. The van der Waals surface area contributed by atoms with Crippen LogP contribution in [0.25, 0.3) is 0 Å². The zero-order chi connectivity index (χ0) is 26.9. The molecule has 7 rings (SSSR count). The number of aliphatic imine (C=N–C) groups is 1. The van der Waals surface area contributed by atoms with E-state index in [4.69, 9.17) is 20.7 Å². The van der Waals surface area contributed by atoms with E-state index in [1.165, 1.54) is 12.3 Å². The number of hydrogen-bond acceptors (Lipinski definition) is 8. The van der Waals surface area contributed by atoms with Gasteiger partial charge < -0.3 is 15.5 Å². The van der Waals surface area contributed by atoms with Crippen LogP contribution in [0.5, 0.6) is 0 Å². The summed E-state index contributed by atoms with van der Waals surface area (Å²) in [5.41, 5.74) is 11.6. The maximum atomic E-state index is 14.5. The average molecular weight is 547 g/mol. The molecule has 4 aliphatic rings. The molecule has 4 heterocycles. The molecule has 10 heteroatoms. The molecule has 8 nitrogen and oxygen atoms in total. The molecular weight excluding hydrogens is 515 g/mol. The predicted molar refractivity (Wildman–Crippen MR) is 148 cm³/mol. The molecule has 3 aromatic rings. The van der Waals surface area contributed by atoms with E-state index in [2.05, 4.69) is 9.80 Å². The third kappa shape index (κ3) is 3.87. The van der Waals surface area contributed by atoms with Crippen LogP contribution in [0.15, 0.2) is 52.5 Å². The summed E-state index contributed by atoms with van der Waals surface area (Å²) in [5, 5.41) is 0. The van der Waals surface area contributed by atoms with E-state index >= 15 is 0 Å². The van der Waals surface area contributed by atoms with E-state index in [0.717, 1.165) is 91.6 Å². The molecule has 0 saturated carbocycles. The quantitative estimate of drug-likeness (QED) is 0.524. The fraction of sp³-hybridized carbons (Fsp3) is 0.414. The molecule has 1 atom stereocenters. The molecule has 39 heavy (non-hydrogen) atoms. The molecule has 1 fully saturated rings. The minimum atomic E-state index is -3.33. The van der Waals surface area contributed by atoms with Crippen LogP contribution >= 0.6 is 0 Å². The normalized spacial score (nSPS) is 21.5. The number of piperidine rings is 1. The van der Waals surface area contributed by atoms with Crippen molar-refractivity contribution < 1.29 is 12.8 Å². The van der Waals surface area contributed by atoms with E-state index in [-0.39, 0.29) is 17.3 Å². The van der Waals surface area contributed by atoms with E-state index in [1.54, 1.807) is 18.2 Å². The topological polar surface area (TPSA) is 105 Å². The summed E-state index contributed by atoms with van der Waals surface area (Å²) in [5.74, 6) is 1.39. The van der Waals surface area contributed by atoms with Gasteiger partial charge in [-0.1, -0.05) is 18.2 Å². The summed E-state index contributed by atoms with van der Waals surface area (Å²) in [7, 11) is -3.33. The molecule has 1 aliphatic carbocycles. The molecular formula is C29H31FN6O2S. The largest absolute Gasteiger partial charge is 0.355 e. The van der Waals surface area contributed by atoms with Crippen LogP contribution < -0.4 is 15.5 Å². The van der Waals surface area contributed by atoms with Gasteiger partial charge in [-0.2, -0.15) is 0 Å². The summed E-state index contributed by atoms with van der Waals surface area (Å²) < 4.78 is 39.3. The fourth-order valence-electron chi connectivity index (χ4n) is 7.01. The van der Waals surface area contributed by atoms with Crippen molar-refractivity contribution in [3.63, 3.8) is 0 Å². The van der Waals surface area contributed by atoms with Gasteiger partial charge in [0.1, 0.15) is 17.3 Å². The van der Waals surface area contributed by atoms with Crippen LogP contribution in [0.2, 0.25) is 0 Å². The van der Waals surface area contributed by atoms with Gasteiger partial charge in [-0.3, -0.25) is 4.99 Å². The minimum Gasteiger partial charge on any atom is -0.355 e. The van der Waals surface area contributed by atoms with Gasteiger partial charge in [0, 0.05) is 43.2 Å². The number of sulfone groups is 1. The second kappa shape index (κ2) is 8.82. The van der Waals surface area contributed by atoms with Crippen molar-refractivity contribution in [2.45, 2.75) is 49.6 Å². The van der Waals surface area contributed by atoms with Gasteiger partial charge in [0.25, 0.3) is 0 Å². The van der Waals surface area contributed by atoms with Crippen molar-refractivity contribution >= 4 is 27.2 Å². The molecule has 1 spiro atoms. The number of nitrogens with zero attached hydrogens (tertiary/aromatic N) is 5. The Bertz CT molecular complexity index is 1630. The number of nitrogens with two attached hydrogens (primary N) is 1. The first-order valence-corrected chi connectivity index (χ1v) is 15.4. The Morgan fingerprint density at radius 2 is 1.90 bits per heavy atom. The number of rotatable bonds is 2. The maximum absolute atomic E-state index is 14.5. The van der Waals surface area contributed by atoms with E-state index in [9.17, 15) is 12.8 Å². The van der Waals surface area contributed by atoms with E-state index in [1.807, 2.05) is 18.3 Å². The molecule has 0 bridgehead atoms. The van der Waals surface area contributed by atoms with E-state index < -0.39 is 9.84 Å². The summed E-state index contributed by atoms with van der Waals surface area (Å²) in [6, 6.07) is 10.5. The lowest BCUT2D eigenvalue weighted by Crippen LogP contribution is -2.44. The van der Waals surface area contributed by atoms with Crippen LogP contribution in [0, 0.1) is 11.2 Å². The molecule has 0 unspecified atom stereocenters. The Morgan fingerprint density at radius 3 is 2.67 bits per heavy atom. The van der Waals surface area contributed by atoms with Crippen molar-refractivity contribution in [1.82, 2.24) is 9.97 Å². The number of aromatic nitrogens is 2. The van der Waals surface area contributed by atoms with Gasteiger partial charge in [-0.05, 0) is 66.8 Å².